The van der Waals surface area contributed by atoms with Crippen LogP contribution in [-0.2, 0) is 22.2 Å². The molecule has 4 rings (SSSR count). The molecule has 0 aliphatic carbocycles. The zero-order valence-electron chi connectivity index (χ0n) is 17.8. The lowest BCUT2D eigenvalue weighted by atomic mass is 10.1. The Balaban J connectivity index is 1.36. The summed E-state index contributed by atoms with van der Waals surface area (Å²) < 4.78 is 38.2. The van der Waals surface area contributed by atoms with Gasteiger partial charge in [-0.25, -0.2) is 4.98 Å². The molecule has 2 fully saturated rings. The number of nitrogens with zero attached hydrogens (tertiary/aromatic N) is 4. The van der Waals surface area contributed by atoms with E-state index in [1.54, 1.807) is 9.80 Å². The van der Waals surface area contributed by atoms with Crippen molar-refractivity contribution in [3.05, 3.63) is 53.7 Å². The number of carbonyl (C=O) groups excluding carboxylic acids is 2. The Bertz CT molecular complexity index is 985. The van der Waals surface area contributed by atoms with Crippen molar-refractivity contribution in [1.82, 2.24) is 9.88 Å². The predicted octanol–water partition coefficient (Wildman–Crippen LogP) is 3.36. The number of benzene rings is 1. The van der Waals surface area contributed by atoms with Crippen LogP contribution in [-0.4, -0.2) is 54.4 Å². The van der Waals surface area contributed by atoms with Gasteiger partial charge in [0.25, 0.3) is 0 Å². The molecule has 9 heteroatoms. The average Bonchev–Trinajstić information content (AvgIpc) is 3.19. The first-order valence-corrected chi connectivity index (χ1v) is 10.7. The van der Waals surface area contributed by atoms with E-state index in [1.165, 1.54) is 6.07 Å². The summed E-state index contributed by atoms with van der Waals surface area (Å²) in [6.07, 6.45) is -2.59. The van der Waals surface area contributed by atoms with Gasteiger partial charge < -0.3 is 14.7 Å². The molecular formula is C23H25F3N4O2. The molecule has 2 saturated heterocycles. The fourth-order valence-electron chi connectivity index (χ4n) is 4.33. The summed E-state index contributed by atoms with van der Waals surface area (Å²) in [6, 6.07) is 10.1. The first kappa shape index (κ1) is 22.1. The molecule has 0 bridgehead atoms. The van der Waals surface area contributed by atoms with E-state index in [2.05, 4.69) is 4.98 Å². The highest BCUT2D eigenvalue weighted by molar-refractivity contribution is 6.00. The second kappa shape index (κ2) is 8.80. The molecule has 2 amide bonds. The zero-order valence-corrected chi connectivity index (χ0v) is 17.8. The molecule has 1 aromatic carbocycles. The first-order valence-electron chi connectivity index (χ1n) is 10.7. The van der Waals surface area contributed by atoms with E-state index in [0.29, 0.717) is 38.5 Å². The summed E-state index contributed by atoms with van der Waals surface area (Å²) in [7, 11) is 0. The van der Waals surface area contributed by atoms with Gasteiger partial charge in [0.1, 0.15) is 5.82 Å². The smallest absolute Gasteiger partial charge is 0.353 e. The Morgan fingerprint density at radius 1 is 1.09 bits per heavy atom. The van der Waals surface area contributed by atoms with Crippen molar-refractivity contribution >= 4 is 23.3 Å². The van der Waals surface area contributed by atoms with Crippen LogP contribution >= 0.6 is 0 Å². The largest absolute Gasteiger partial charge is 0.417 e. The van der Waals surface area contributed by atoms with Crippen molar-refractivity contribution in [2.45, 2.75) is 25.9 Å². The zero-order chi connectivity index (χ0) is 22.9. The number of amides is 2. The summed E-state index contributed by atoms with van der Waals surface area (Å²) in [5.41, 5.74) is 1.16. The van der Waals surface area contributed by atoms with Crippen LogP contribution in [0.2, 0.25) is 0 Å². The molecule has 2 aliphatic rings. The van der Waals surface area contributed by atoms with Gasteiger partial charge in [0, 0.05) is 51.0 Å². The molecule has 170 valence electrons. The van der Waals surface area contributed by atoms with Crippen LogP contribution in [0.1, 0.15) is 24.5 Å². The minimum absolute atomic E-state index is 0.0446. The monoisotopic (exact) mass is 446 g/mol. The Morgan fingerprint density at radius 2 is 1.81 bits per heavy atom. The highest BCUT2D eigenvalue weighted by Gasteiger charge is 2.38. The maximum atomic E-state index is 13.1. The number of para-hydroxylation sites is 1. The van der Waals surface area contributed by atoms with Crippen molar-refractivity contribution in [3.63, 3.8) is 0 Å². The summed E-state index contributed by atoms with van der Waals surface area (Å²) in [5, 5.41) is 0. The fraction of sp³-hybridized carbons (Fsp3) is 0.435. The SMILES string of the molecule is CCc1ccccc1N1CC(C(=O)N2CCN(c3ccc(C(F)(F)F)cn3)CC2)CC1=O. The van der Waals surface area contributed by atoms with Crippen LogP contribution in [0.25, 0.3) is 0 Å². The Hall–Kier alpha value is -3.10. The molecule has 0 saturated carbocycles. The van der Waals surface area contributed by atoms with Crippen LogP contribution in [0.5, 0.6) is 0 Å². The molecule has 32 heavy (non-hydrogen) atoms. The first-order chi connectivity index (χ1) is 15.3. The van der Waals surface area contributed by atoms with Gasteiger partial charge in [0.05, 0.1) is 11.5 Å². The standard InChI is InChI=1S/C23H25F3N4O2/c1-2-16-5-3-4-6-19(16)30-15-17(13-21(30)31)22(32)29-11-9-28(10-12-29)20-8-7-18(14-27-20)23(24,25)26/h3-8,14,17H,2,9-13,15H2,1H3. The molecule has 2 aromatic rings. The van der Waals surface area contributed by atoms with Gasteiger partial charge >= 0.3 is 6.18 Å². The van der Waals surface area contributed by atoms with E-state index in [0.717, 1.165) is 29.9 Å². The molecule has 1 unspecified atom stereocenters. The molecule has 6 nitrogen and oxygen atoms in total. The molecular weight excluding hydrogens is 421 g/mol. The predicted molar refractivity (Wildman–Crippen MR) is 114 cm³/mol. The number of hydrogen-bond acceptors (Lipinski definition) is 4. The topological polar surface area (TPSA) is 56.8 Å². The van der Waals surface area contributed by atoms with E-state index < -0.39 is 11.7 Å². The minimum Gasteiger partial charge on any atom is -0.353 e. The highest BCUT2D eigenvalue weighted by atomic mass is 19.4. The summed E-state index contributed by atoms with van der Waals surface area (Å²) in [4.78, 5) is 35.0. The lowest BCUT2D eigenvalue weighted by Crippen LogP contribution is -2.51. The molecule has 0 N–H and O–H groups in total. The van der Waals surface area contributed by atoms with Crippen LogP contribution < -0.4 is 9.80 Å². The van der Waals surface area contributed by atoms with Crippen molar-refractivity contribution < 1.29 is 22.8 Å². The summed E-state index contributed by atoms with van der Waals surface area (Å²) in [6.45, 7) is 4.25. The van der Waals surface area contributed by atoms with Gasteiger partial charge in [-0.1, -0.05) is 25.1 Å². The van der Waals surface area contributed by atoms with E-state index in [1.807, 2.05) is 36.1 Å². The lowest BCUT2D eigenvalue weighted by molar-refractivity contribution is -0.138. The second-order valence-electron chi connectivity index (χ2n) is 8.10. The van der Waals surface area contributed by atoms with E-state index in [-0.39, 0.29) is 24.2 Å². The highest BCUT2D eigenvalue weighted by Crippen LogP contribution is 2.31. The minimum atomic E-state index is -4.42. The quantitative estimate of drug-likeness (QED) is 0.723. The van der Waals surface area contributed by atoms with Crippen molar-refractivity contribution in [3.8, 4) is 0 Å². The summed E-state index contributed by atoms with van der Waals surface area (Å²) >= 11 is 0. The van der Waals surface area contributed by atoms with Gasteiger partial charge in [-0.15, -0.1) is 0 Å². The van der Waals surface area contributed by atoms with Gasteiger partial charge in [-0.2, -0.15) is 13.2 Å². The average molecular weight is 446 g/mol. The fourth-order valence-corrected chi connectivity index (χ4v) is 4.33. The second-order valence-corrected chi connectivity index (χ2v) is 8.10. The number of hydrogen-bond donors (Lipinski definition) is 0. The van der Waals surface area contributed by atoms with Crippen molar-refractivity contribution in [2.24, 2.45) is 5.92 Å². The number of rotatable bonds is 4. The van der Waals surface area contributed by atoms with Gasteiger partial charge in [-0.3, -0.25) is 9.59 Å². The van der Waals surface area contributed by atoms with E-state index in [4.69, 9.17) is 0 Å². The van der Waals surface area contributed by atoms with Gasteiger partial charge in [0.2, 0.25) is 11.8 Å². The van der Waals surface area contributed by atoms with Crippen LogP contribution in [0.4, 0.5) is 24.7 Å². The molecule has 3 heterocycles. The number of anilines is 2. The Labute approximate surface area is 184 Å². The number of pyridine rings is 1. The molecule has 0 spiro atoms. The van der Waals surface area contributed by atoms with Gasteiger partial charge in [0.15, 0.2) is 0 Å². The lowest BCUT2D eigenvalue weighted by Gasteiger charge is -2.36. The number of aromatic nitrogens is 1. The Kier molecular flexibility index (Phi) is 6.08. The molecule has 1 aromatic heterocycles. The maximum Gasteiger partial charge on any atom is 0.417 e. The number of alkyl halides is 3. The van der Waals surface area contributed by atoms with Gasteiger partial charge in [-0.05, 0) is 30.2 Å². The van der Waals surface area contributed by atoms with E-state index in [9.17, 15) is 22.8 Å². The van der Waals surface area contributed by atoms with Crippen molar-refractivity contribution in [1.29, 1.82) is 0 Å². The maximum absolute atomic E-state index is 13.1. The number of aryl methyl sites for hydroxylation is 1. The van der Waals surface area contributed by atoms with Crippen LogP contribution in [0.3, 0.4) is 0 Å². The third-order valence-corrected chi connectivity index (χ3v) is 6.13. The molecule has 0 radical (unpaired) electrons. The molecule has 2 aliphatic heterocycles. The molecule has 1 atom stereocenters. The van der Waals surface area contributed by atoms with Crippen molar-refractivity contribution in [2.75, 3.05) is 42.5 Å². The van der Waals surface area contributed by atoms with E-state index >= 15 is 0 Å². The van der Waals surface area contributed by atoms with Crippen LogP contribution in [0.15, 0.2) is 42.6 Å². The normalized spacial score (nSPS) is 19.6. The number of piperazine rings is 1. The number of halogens is 3. The third kappa shape index (κ3) is 4.42. The van der Waals surface area contributed by atoms with Crippen LogP contribution in [0, 0.1) is 5.92 Å². The number of carbonyl (C=O) groups is 2. The summed E-state index contributed by atoms with van der Waals surface area (Å²) in [5.74, 6) is -0.0154. The third-order valence-electron chi connectivity index (χ3n) is 6.13. The Morgan fingerprint density at radius 3 is 2.44 bits per heavy atom.